The molecule has 0 spiro atoms. The summed E-state index contributed by atoms with van der Waals surface area (Å²) < 4.78 is 9.82. The summed E-state index contributed by atoms with van der Waals surface area (Å²) in [6.07, 6.45) is 3.95. The third-order valence-electron chi connectivity index (χ3n) is 2.75. The number of anilines is 1. The van der Waals surface area contributed by atoms with Crippen LogP contribution < -0.4 is 9.64 Å². The predicted octanol–water partition coefficient (Wildman–Crippen LogP) is 2.05. The number of carbonyl (C=O) groups is 2. The smallest absolute Gasteiger partial charge is 0.421 e. The Kier molecular flexibility index (Phi) is 5.42. The zero-order chi connectivity index (χ0) is 15.8. The molecular formula is C15H15N3O4. The summed E-state index contributed by atoms with van der Waals surface area (Å²) >= 11 is 0. The van der Waals surface area contributed by atoms with Gasteiger partial charge in [0.1, 0.15) is 5.82 Å². The van der Waals surface area contributed by atoms with Gasteiger partial charge in [0.2, 0.25) is 0 Å². The summed E-state index contributed by atoms with van der Waals surface area (Å²) in [5.74, 6) is 0.280. The lowest BCUT2D eigenvalue weighted by atomic mass is 10.3. The molecule has 0 aromatic carbocycles. The number of methoxy groups -OCH3 is 1. The standard InChI is InChI=1S/C15H15N3O4/c1-21-14(19)7-10-18(13-6-2-3-9-17-13)15(20)22-12-5-4-8-16-11-12/h2-6,8-9,11H,7,10H2,1H3. The molecular weight excluding hydrogens is 286 g/mol. The summed E-state index contributed by atoms with van der Waals surface area (Å²) in [4.78, 5) is 32.8. The average Bonchev–Trinajstić information content (AvgIpc) is 2.56. The number of nitrogens with zero attached hydrogens (tertiary/aromatic N) is 3. The minimum Gasteiger partial charge on any atom is -0.469 e. The van der Waals surface area contributed by atoms with Gasteiger partial charge in [-0.05, 0) is 24.3 Å². The van der Waals surface area contributed by atoms with Gasteiger partial charge in [0.05, 0.1) is 19.7 Å². The van der Waals surface area contributed by atoms with Crippen LogP contribution in [0.25, 0.3) is 0 Å². The second-order valence-electron chi connectivity index (χ2n) is 4.22. The molecule has 0 saturated heterocycles. The molecule has 7 heteroatoms. The minimum atomic E-state index is -0.643. The summed E-state index contributed by atoms with van der Waals surface area (Å²) in [6.45, 7) is 0.1000. The SMILES string of the molecule is COC(=O)CCN(C(=O)Oc1cccnc1)c1ccccn1. The Hall–Kier alpha value is -2.96. The molecule has 0 radical (unpaired) electrons. The molecule has 0 saturated carbocycles. The lowest BCUT2D eigenvalue weighted by Crippen LogP contribution is -2.36. The molecule has 0 unspecified atom stereocenters. The van der Waals surface area contributed by atoms with Crippen molar-refractivity contribution < 1.29 is 19.1 Å². The van der Waals surface area contributed by atoms with E-state index in [1.807, 2.05) is 0 Å². The molecule has 1 amide bonds. The van der Waals surface area contributed by atoms with Crippen molar-refractivity contribution in [3.05, 3.63) is 48.9 Å². The monoisotopic (exact) mass is 301 g/mol. The van der Waals surface area contributed by atoms with Crippen LogP contribution in [0.4, 0.5) is 10.6 Å². The Labute approximate surface area is 127 Å². The molecule has 0 aliphatic heterocycles. The van der Waals surface area contributed by atoms with Crippen molar-refractivity contribution in [3.8, 4) is 5.75 Å². The highest BCUT2D eigenvalue weighted by atomic mass is 16.6. The Morgan fingerprint density at radius 2 is 2.05 bits per heavy atom. The zero-order valence-electron chi connectivity index (χ0n) is 12.0. The van der Waals surface area contributed by atoms with Crippen molar-refractivity contribution in [3.63, 3.8) is 0 Å². The molecule has 22 heavy (non-hydrogen) atoms. The molecule has 2 aromatic heterocycles. The summed E-state index contributed by atoms with van der Waals surface area (Å²) in [5, 5.41) is 0. The predicted molar refractivity (Wildman–Crippen MR) is 78.5 cm³/mol. The van der Waals surface area contributed by atoms with E-state index in [1.54, 1.807) is 42.7 Å². The van der Waals surface area contributed by atoms with Crippen LogP contribution in [0.1, 0.15) is 6.42 Å². The summed E-state index contributed by atoms with van der Waals surface area (Å²) in [6, 6.07) is 8.39. The lowest BCUT2D eigenvalue weighted by Gasteiger charge is -2.20. The lowest BCUT2D eigenvalue weighted by molar-refractivity contribution is -0.140. The molecule has 0 atom stereocenters. The number of hydrogen-bond donors (Lipinski definition) is 0. The van der Waals surface area contributed by atoms with Crippen LogP contribution >= 0.6 is 0 Å². The first-order chi connectivity index (χ1) is 10.7. The van der Waals surface area contributed by atoms with Crippen molar-refractivity contribution in [2.45, 2.75) is 6.42 Å². The van der Waals surface area contributed by atoms with Gasteiger partial charge in [-0.15, -0.1) is 0 Å². The first kappa shape index (κ1) is 15.4. The van der Waals surface area contributed by atoms with E-state index in [9.17, 15) is 9.59 Å². The third-order valence-corrected chi connectivity index (χ3v) is 2.75. The van der Waals surface area contributed by atoms with Crippen molar-refractivity contribution in [1.82, 2.24) is 9.97 Å². The van der Waals surface area contributed by atoms with Crippen LogP contribution in [0.5, 0.6) is 5.75 Å². The number of ether oxygens (including phenoxy) is 2. The van der Waals surface area contributed by atoms with E-state index in [4.69, 9.17) is 4.74 Å². The second-order valence-corrected chi connectivity index (χ2v) is 4.22. The Balaban J connectivity index is 2.13. The van der Waals surface area contributed by atoms with Crippen LogP contribution in [0.15, 0.2) is 48.9 Å². The second kappa shape index (κ2) is 7.72. The highest BCUT2D eigenvalue weighted by Crippen LogP contribution is 2.14. The largest absolute Gasteiger partial charge is 0.469 e. The first-order valence-electron chi connectivity index (χ1n) is 6.58. The fourth-order valence-corrected chi connectivity index (χ4v) is 1.68. The molecule has 0 aliphatic carbocycles. The van der Waals surface area contributed by atoms with Gasteiger partial charge in [-0.3, -0.25) is 14.7 Å². The van der Waals surface area contributed by atoms with Crippen molar-refractivity contribution >= 4 is 17.9 Å². The Morgan fingerprint density at radius 1 is 1.18 bits per heavy atom. The summed E-state index contributed by atoms with van der Waals surface area (Å²) in [5.41, 5.74) is 0. The topological polar surface area (TPSA) is 81.6 Å². The van der Waals surface area contributed by atoms with E-state index in [-0.39, 0.29) is 13.0 Å². The van der Waals surface area contributed by atoms with Gasteiger partial charge in [-0.2, -0.15) is 0 Å². The maximum absolute atomic E-state index is 12.3. The molecule has 0 aliphatic rings. The van der Waals surface area contributed by atoms with Gasteiger partial charge in [0, 0.05) is 18.9 Å². The Morgan fingerprint density at radius 3 is 2.68 bits per heavy atom. The van der Waals surface area contributed by atoms with Crippen molar-refractivity contribution in [1.29, 1.82) is 0 Å². The summed E-state index contributed by atoms with van der Waals surface area (Å²) in [7, 11) is 1.29. The van der Waals surface area contributed by atoms with Crippen molar-refractivity contribution in [2.24, 2.45) is 0 Å². The third kappa shape index (κ3) is 4.27. The van der Waals surface area contributed by atoms with Crippen LogP contribution in [0.3, 0.4) is 0 Å². The maximum Gasteiger partial charge on any atom is 0.421 e. The van der Waals surface area contributed by atoms with Crippen LogP contribution in [0.2, 0.25) is 0 Å². The highest BCUT2D eigenvalue weighted by Gasteiger charge is 2.20. The van der Waals surface area contributed by atoms with Gasteiger partial charge in [0.15, 0.2) is 5.75 Å². The van der Waals surface area contributed by atoms with E-state index in [0.717, 1.165) is 0 Å². The van der Waals surface area contributed by atoms with Crippen LogP contribution in [-0.2, 0) is 9.53 Å². The molecule has 0 N–H and O–H groups in total. The van der Waals surface area contributed by atoms with Gasteiger partial charge in [0.25, 0.3) is 0 Å². The number of aromatic nitrogens is 2. The van der Waals surface area contributed by atoms with Crippen molar-refractivity contribution in [2.75, 3.05) is 18.6 Å². The molecule has 0 bridgehead atoms. The average molecular weight is 301 g/mol. The van der Waals surface area contributed by atoms with E-state index in [0.29, 0.717) is 11.6 Å². The molecule has 2 heterocycles. The fourth-order valence-electron chi connectivity index (χ4n) is 1.68. The normalized spacial score (nSPS) is 9.86. The quantitative estimate of drug-likeness (QED) is 0.786. The van der Waals surface area contributed by atoms with Gasteiger partial charge >= 0.3 is 12.1 Å². The van der Waals surface area contributed by atoms with E-state index < -0.39 is 12.1 Å². The van der Waals surface area contributed by atoms with Gasteiger partial charge in [-0.1, -0.05) is 6.07 Å². The number of esters is 1. The van der Waals surface area contributed by atoms with Gasteiger partial charge in [-0.25, -0.2) is 9.78 Å². The van der Waals surface area contributed by atoms with E-state index in [1.165, 1.54) is 18.2 Å². The van der Waals surface area contributed by atoms with Crippen LogP contribution in [0, 0.1) is 0 Å². The van der Waals surface area contributed by atoms with E-state index >= 15 is 0 Å². The molecule has 114 valence electrons. The molecule has 0 fully saturated rings. The Bertz CT molecular complexity index is 619. The molecule has 7 nitrogen and oxygen atoms in total. The molecule has 2 rings (SSSR count). The fraction of sp³-hybridized carbons (Fsp3) is 0.200. The minimum absolute atomic E-state index is 0.0369. The first-order valence-corrected chi connectivity index (χ1v) is 6.58. The number of pyridine rings is 2. The zero-order valence-corrected chi connectivity index (χ0v) is 12.0. The highest BCUT2D eigenvalue weighted by molar-refractivity contribution is 5.88. The molecule has 2 aromatic rings. The maximum atomic E-state index is 12.3. The van der Waals surface area contributed by atoms with Gasteiger partial charge < -0.3 is 9.47 Å². The number of amides is 1. The van der Waals surface area contributed by atoms with E-state index in [2.05, 4.69) is 14.7 Å². The number of hydrogen-bond acceptors (Lipinski definition) is 6. The van der Waals surface area contributed by atoms with Crippen LogP contribution in [-0.4, -0.2) is 35.7 Å². The number of carbonyl (C=O) groups excluding carboxylic acids is 2. The number of rotatable bonds is 5.